The molecule has 8 nitrogen and oxygen atoms in total. The summed E-state index contributed by atoms with van der Waals surface area (Å²) in [5.74, 6) is 0.518. The lowest BCUT2D eigenvalue weighted by Crippen LogP contribution is -3.13. The highest BCUT2D eigenvalue weighted by atomic mass is 16.6. The fraction of sp³-hybridized carbons (Fsp3) is 0.353. The fourth-order valence-electron chi connectivity index (χ4n) is 2.97. The maximum atomic E-state index is 11.4. The molecule has 0 amide bonds. The maximum absolute atomic E-state index is 11.4. The summed E-state index contributed by atoms with van der Waals surface area (Å²) in [4.78, 5) is 25.3. The Labute approximate surface area is 144 Å². The van der Waals surface area contributed by atoms with Gasteiger partial charge in [-0.2, -0.15) is 0 Å². The highest BCUT2D eigenvalue weighted by molar-refractivity contribution is 5.86. The summed E-state index contributed by atoms with van der Waals surface area (Å²) in [6, 6.07) is 10.1. The minimum absolute atomic E-state index is 0.104. The van der Waals surface area contributed by atoms with E-state index in [0.29, 0.717) is 6.54 Å². The van der Waals surface area contributed by atoms with E-state index in [1.54, 1.807) is 18.2 Å². The molecule has 1 N–H and O–H groups in total. The number of hydrogen-bond donors (Lipinski definition) is 1. The summed E-state index contributed by atoms with van der Waals surface area (Å²) in [6.07, 6.45) is 0. The Kier molecular flexibility index (Phi) is 4.99. The average molecular weight is 346 g/mol. The van der Waals surface area contributed by atoms with E-state index < -0.39 is 10.9 Å². The average Bonchev–Trinajstić information content (AvgIpc) is 3.10. The zero-order chi connectivity index (χ0) is 17.8. The number of nitrogens with one attached hydrogen (secondary N) is 1. The molecule has 1 aromatic heterocycles. The lowest BCUT2D eigenvalue weighted by Gasteiger charge is -2.33. The largest absolute Gasteiger partial charge is 0.463 e. The van der Waals surface area contributed by atoms with E-state index in [2.05, 4.69) is 9.64 Å². The zero-order valence-electron chi connectivity index (χ0n) is 13.9. The molecule has 1 fully saturated rings. The lowest BCUT2D eigenvalue weighted by atomic mass is 10.2. The first kappa shape index (κ1) is 17.0. The molecule has 2 aromatic rings. The van der Waals surface area contributed by atoms with Gasteiger partial charge in [0.25, 0.3) is 5.69 Å². The third-order valence-electron chi connectivity index (χ3n) is 4.37. The Balaban J connectivity index is 1.54. The number of nitro benzene ring substituents is 1. The predicted molar refractivity (Wildman–Crippen MR) is 89.8 cm³/mol. The van der Waals surface area contributed by atoms with E-state index in [1.807, 2.05) is 6.07 Å². The van der Waals surface area contributed by atoms with Crippen molar-refractivity contribution in [3.05, 3.63) is 58.0 Å². The van der Waals surface area contributed by atoms with Crippen molar-refractivity contribution in [1.82, 2.24) is 0 Å². The monoisotopic (exact) mass is 346 g/mol. The summed E-state index contributed by atoms with van der Waals surface area (Å²) in [7, 11) is 1.33. The molecule has 2 heterocycles. The Hall–Kier alpha value is -2.87. The van der Waals surface area contributed by atoms with E-state index >= 15 is 0 Å². The second kappa shape index (κ2) is 7.35. The number of nitrogens with zero attached hydrogens (tertiary/aromatic N) is 2. The van der Waals surface area contributed by atoms with Gasteiger partial charge in [-0.3, -0.25) is 10.1 Å². The molecule has 1 aliphatic heterocycles. The van der Waals surface area contributed by atoms with Crippen LogP contribution in [0.2, 0.25) is 0 Å². The van der Waals surface area contributed by atoms with Crippen molar-refractivity contribution < 1.29 is 23.8 Å². The number of carbonyl (C=O) groups excluding carboxylic acids is 1. The Morgan fingerprint density at radius 3 is 2.52 bits per heavy atom. The molecule has 0 spiro atoms. The van der Waals surface area contributed by atoms with Crippen LogP contribution in [0.25, 0.3) is 0 Å². The number of hydrogen-bond acceptors (Lipinski definition) is 6. The van der Waals surface area contributed by atoms with Crippen molar-refractivity contribution in [2.75, 3.05) is 38.2 Å². The number of rotatable bonds is 5. The molecule has 25 heavy (non-hydrogen) atoms. The fourth-order valence-corrected chi connectivity index (χ4v) is 2.97. The summed E-state index contributed by atoms with van der Waals surface area (Å²) in [5.41, 5.74) is 1.10. The van der Waals surface area contributed by atoms with Gasteiger partial charge < -0.3 is 19.0 Å². The highest BCUT2D eigenvalue weighted by Gasteiger charge is 2.22. The van der Waals surface area contributed by atoms with Crippen LogP contribution in [0.4, 0.5) is 11.4 Å². The number of carbonyl (C=O) groups is 1. The number of nitro groups is 1. The molecular formula is C17H20N3O5+. The molecule has 1 aromatic carbocycles. The molecular weight excluding hydrogens is 326 g/mol. The minimum atomic E-state index is -0.468. The Morgan fingerprint density at radius 2 is 1.92 bits per heavy atom. The molecule has 3 rings (SSSR count). The third kappa shape index (κ3) is 3.97. The molecule has 0 aliphatic carbocycles. The number of methoxy groups -OCH3 is 1. The van der Waals surface area contributed by atoms with Crippen molar-refractivity contribution in [3.63, 3.8) is 0 Å². The summed E-state index contributed by atoms with van der Waals surface area (Å²) in [6.45, 7) is 4.27. The number of anilines is 1. The van der Waals surface area contributed by atoms with Crippen LogP contribution in [0.15, 0.2) is 40.8 Å². The second-order valence-electron chi connectivity index (χ2n) is 5.94. The molecule has 8 heteroatoms. The first-order valence-electron chi connectivity index (χ1n) is 8.07. The molecule has 1 saturated heterocycles. The number of furan rings is 1. The number of non-ortho nitro benzene ring substituents is 1. The summed E-state index contributed by atoms with van der Waals surface area (Å²) < 4.78 is 10.2. The van der Waals surface area contributed by atoms with Crippen LogP contribution >= 0.6 is 0 Å². The predicted octanol–water partition coefficient (Wildman–Crippen LogP) is 0.879. The van der Waals surface area contributed by atoms with Crippen LogP contribution in [-0.4, -0.2) is 44.2 Å². The highest BCUT2D eigenvalue weighted by Crippen LogP contribution is 2.19. The van der Waals surface area contributed by atoms with Gasteiger partial charge in [-0.1, -0.05) is 0 Å². The topological polar surface area (TPSA) is 90.3 Å². The lowest BCUT2D eigenvalue weighted by molar-refractivity contribution is -0.915. The number of ether oxygens (including phenoxy) is 1. The van der Waals surface area contributed by atoms with Crippen LogP contribution in [0.5, 0.6) is 0 Å². The van der Waals surface area contributed by atoms with Gasteiger partial charge in [-0.05, 0) is 24.3 Å². The SMILES string of the molecule is COC(=O)c1ccc(C[NH+]2CCN(c3ccc([N+](=O)[O-])cc3)CC2)o1. The van der Waals surface area contributed by atoms with E-state index in [-0.39, 0.29) is 11.4 Å². The van der Waals surface area contributed by atoms with Crippen molar-refractivity contribution in [1.29, 1.82) is 0 Å². The minimum Gasteiger partial charge on any atom is -0.463 e. The van der Waals surface area contributed by atoms with Crippen molar-refractivity contribution in [3.8, 4) is 0 Å². The molecule has 0 radical (unpaired) electrons. The Bertz CT molecular complexity index is 748. The molecule has 0 bridgehead atoms. The van der Waals surface area contributed by atoms with Crippen LogP contribution in [-0.2, 0) is 11.3 Å². The number of benzene rings is 1. The number of quaternary nitrogens is 1. The van der Waals surface area contributed by atoms with Crippen molar-refractivity contribution >= 4 is 17.3 Å². The van der Waals surface area contributed by atoms with E-state index in [0.717, 1.165) is 37.6 Å². The third-order valence-corrected chi connectivity index (χ3v) is 4.37. The maximum Gasteiger partial charge on any atom is 0.373 e. The van der Waals surface area contributed by atoms with Gasteiger partial charge in [-0.25, -0.2) is 4.79 Å². The quantitative estimate of drug-likeness (QED) is 0.491. The van der Waals surface area contributed by atoms with Crippen LogP contribution < -0.4 is 9.80 Å². The smallest absolute Gasteiger partial charge is 0.373 e. The van der Waals surface area contributed by atoms with Crippen LogP contribution in [0.3, 0.4) is 0 Å². The van der Waals surface area contributed by atoms with Crippen molar-refractivity contribution in [2.45, 2.75) is 6.54 Å². The van der Waals surface area contributed by atoms with Gasteiger partial charge in [0.2, 0.25) is 5.76 Å². The molecule has 132 valence electrons. The molecule has 1 aliphatic rings. The number of esters is 1. The summed E-state index contributed by atoms with van der Waals surface area (Å²) >= 11 is 0. The first-order valence-corrected chi connectivity index (χ1v) is 8.07. The van der Waals surface area contributed by atoms with Crippen LogP contribution in [0, 0.1) is 10.1 Å². The second-order valence-corrected chi connectivity index (χ2v) is 5.94. The molecule has 0 saturated carbocycles. The van der Waals surface area contributed by atoms with E-state index in [9.17, 15) is 14.9 Å². The van der Waals surface area contributed by atoms with Gasteiger partial charge in [-0.15, -0.1) is 0 Å². The normalized spacial score (nSPS) is 15.2. The Morgan fingerprint density at radius 1 is 1.24 bits per heavy atom. The van der Waals surface area contributed by atoms with Crippen molar-refractivity contribution in [2.24, 2.45) is 0 Å². The van der Waals surface area contributed by atoms with Gasteiger partial charge in [0.1, 0.15) is 6.54 Å². The van der Waals surface area contributed by atoms with E-state index in [4.69, 9.17) is 4.42 Å². The van der Waals surface area contributed by atoms with E-state index in [1.165, 1.54) is 24.1 Å². The standard InChI is InChI=1S/C17H19N3O5/c1-24-17(21)16-7-6-15(25-16)12-18-8-10-19(11-9-18)13-2-4-14(5-3-13)20(22)23/h2-7H,8-12H2,1H3/p+1. The molecule has 0 atom stereocenters. The molecule has 0 unspecified atom stereocenters. The van der Waals surface area contributed by atoms with Gasteiger partial charge in [0.15, 0.2) is 5.76 Å². The van der Waals surface area contributed by atoms with Gasteiger partial charge in [0, 0.05) is 17.8 Å². The number of piperazine rings is 1. The van der Waals surface area contributed by atoms with Crippen LogP contribution in [0.1, 0.15) is 16.3 Å². The first-order chi connectivity index (χ1) is 12.1. The zero-order valence-corrected chi connectivity index (χ0v) is 13.9. The van der Waals surface area contributed by atoms with Gasteiger partial charge >= 0.3 is 5.97 Å². The summed E-state index contributed by atoms with van der Waals surface area (Å²) in [5, 5.41) is 10.7. The van der Waals surface area contributed by atoms with Gasteiger partial charge in [0.05, 0.1) is 38.2 Å².